The number of pyridine rings is 1. The molecule has 3 heterocycles. The van der Waals surface area contributed by atoms with E-state index in [-0.39, 0.29) is 36.5 Å². The van der Waals surface area contributed by atoms with Crippen LogP contribution < -0.4 is 0 Å². The van der Waals surface area contributed by atoms with Gasteiger partial charge in [0.1, 0.15) is 16.8 Å². The van der Waals surface area contributed by atoms with Crippen molar-refractivity contribution in [2.24, 2.45) is 0 Å². The zero-order valence-electron chi connectivity index (χ0n) is 17.2. The Hall–Kier alpha value is -3.36. The Morgan fingerprint density at radius 3 is 2.52 bits per heavy atom. The van der Waals surface area contributed by atoms with Crippen LogP contribution in [-0.2, 0) is 13.0 Å². The second-order valence-corrected chi connectivity index (χ2v) is 8.54. The average Bonchev–Trinajstić information content (AvgIpc) is 3.21. The van der Waals surface area contributed by atoms with Gasteiger partial charge in [-0.3, -0.25) is 9.59 Å². The van der Waals surface area contributed by atoms with Gasteiger partial charge in [-0.15, -0.1) is 0 Å². The van der Waals surface area contributed by atoms with Gasteiger partial charge in [-0.2, -0.15) is 0 Å². The summed E-state index contributed by atoms with van der Waals surface area (Å²) in [4.78, 5) is 32.9. The average molecular weight is 470 g/mol. The van der Waals surface area contributed by atoms with Crippen molar-refractivity contribution in [1.29, 1.82) is 0 Å². The van der Waals surface area contributed by atoms with E-state index in [9.17, 15) is 23.5 Å². The molecule has 9 heteroatoms. The molecule has 1 N–H and O–H groups in total. The second kappa shape index (κ2) is 8.20. The van der Waals surface area contributed by atoms with E-state index in [1.165, 1.54) is 28.1 Å². The molecule has 0 saturated carbocycles. The van der Waals surface area contributed by atoms with Gasteiger partial charge >= 0.3 is 0 Å². The number of carbonyl (C=O) groups excluding carboxylic acids is 2. The first kappa shape index (κ1) is 21.5. The summed E-state index contributed by atoms with van der Waals surface area (Å²) >= 11 is 5.98. The topological polar surface area (TPSA) is 73.7 Å². The molecule has 3 aromatic rings. The Bertz CT molecular complexity index is 1270. The van der Waals surface area contributed by atoms with Crippen LogP contribution in [-0.4, -0.2) is 44.3 Å². The first-order valence-electron chi connectivity index (χ1n) is 10.3. The van der Waals surface area contributed by atoms with Crippen molar-refractivity contribution in [2.75, 3.05) is 6.54 Å². The van der Waals surface area contributed by atoms with Crippen molar-refractivity contribution in [3.05, 3.63) is 99.3 Å². The fraction of sp³-hybridized carbons (Fsp3) is 0.208. The smallest absolute Gasteiger partial charge is 0.256 e. The van der Waals surface area contributed by atoms with Crippen molar-refractivity contribution in [1.82, 2.24) is 14.8 Å². The van der Waals surface area contributed by atoms with Crippen molar-refractivity contribution in [3.8, 4) is 0 Å². The third-order valence-electron chi connectivity index (χ3n) is 6.06. The molecule has 2 aliphatic heterocycles. The number of fused-ring (bicyclic) bond motifs is 2. The lowest BCUT2D eigenvalue weighted by molar-refractivity contribution is 0.00415. The van der Waals surface area contributed by atoms with E-state index >= 15 is 0 Å². The molecule has 0 spiro atoms. The maximum atomic E-state index is 13.9. The normalized spacial score (nSPS) is 18.0. The second-order valence-electron chi connectivity index (χ2n) is 8.15. The van der Waals surface area contributed by atoms with Crippen molar-refractivity contribution >= 4 is 23.4 Å². The van der Waals surface area contributed by atoms with E-state index in [0.29, 0.717) is 27.8 Å². The number of rotatable bonds is 5. The number of aliphatic hydroxyl groups is 1. The predicted molar refractivity (Wildman–Crippen MR) is 115 cm³/mol. The molecule has 2 aliphatic rings. The minimum Gasteiger partial charge on any atom is -0.369 e. The number of benzene rings is 2. The Labute approximate surface area is 193 Å². The predicted octanol–water partition coefficient (Wildman–Crippen LogP) is 3.73. The monoisotopic (exact) mass is 469 g/mol. The lowest BCUT2D eigenvalue weighted by atomic mass is 10.0. The number of hydrogen-bond donors (Lipinski definition) is 1. The third-order valence-corrected chi connectivity index (χ3v) is 6.26. The fourth-order valence-corrected chi connectivity index (χ4v) is 4.71. The van der Waals surface area contributed by atoms with Crippen LogP contribution in [0.2, 0.25) is 5.15 Å². The molecule has 2 aromatic carbocycles. The Kier molecular flexibility index (Phi) is 5.34. The third kappa shape index (κ3) is 3.85. The number of hydrogen-bond acceptors (Lipinski definition) is 4. The highest BCUT2D eigenvalue weighted by Crippen LogP contribution is 2.34. The standard InChI is InChI=1S/C24H18ClF2N3O3/c25-21-8-14-11-29(24(33)20(14)10-28-21)17(7-13-5-15(26)9-16(27)6-13)12-30-22(31)18-3-1-2-4-19(18)23(30)32/h1-6,8-10,17,22,31H,7,11-12H2/t17-,22?/m0/s1. The highest BCUT2D eigenvalue weighted by Gasteiger charge is 2.40. The summed E-state index contributed by atoms with van der Waals surface area (Å²) in [7, 11) is 0. The first-order chi connectivity index (χ1) is 15.8. The van der Waals surface area contributed by atoms with Gasteiger partial charge < -0.3 is 14.9 Å². The van der Waals surface area contributed by atoms with Gasteiger partial charge in [0, 0.05) is 36.5 Å². The highest BCUT2D eigenvalue weighted by molar-refractivity contribution is 6.29. The molecule has 0 radical (unpaired) electrons. The lowest BCUT2D eigenvalue weighted by Gasteiger charge is -2.33. The number of aromatic nitrogens is 1. The molecule has 0 bridgehead atoms. The summed E-state index contributed by atoms with van der Waals surface area (Å²) in [6.07, 6.45) is 0.282. The van der Waals surface area contributed by atoms with Crippen molar-refractivity contribution in [2.45, 2.75) is 25.2 Å². The van der Waals surface area contributed by atoms with Gasteiger partial charge in [-0.05, 0) is 41.8 Å². The Balaban J connectivity index is 1.48. The molecule has 2 amide bonds. The molecule has 168 valence electrons. The number of aliphatic hydroxyl groups excluding tert-OH is 1. The lowest BCUT2D eigenvalue weighted by Crippen LogP contribution is -2.46. The van der Waals surface area contributed by atoms with Gasteiger partial charge in [0.2, 0.25) is 0 Å². The van der Waals surface area contributed by atoms with E-state index in [1.807, 2.05) is 0 Å². The summed E-state index contributed by atoms with van der Waals surface area (Å²) in [6.45, 7) is 0.164. The van der Waals surface area contributed by atoms with Crippen LogP contribution in [0.15, 0.2) is 54.7 Å². The minimum absolute atomic E-state index is 0.0340. The minimum atomic E-state index is -1.18. The number of halogens is 3. The zero-order valence-corrected chi connectivity index (χ0v) is 18.0. The van der Waals surface area contributed by atoms with E-state index in [2.05, 4.69) is 4.98 Å². The molecule has 33 heavy (non-hydrogen) atoms. The Morgan fingerprint density at radius 1 is 1.06 bits per heavy atom. The van der Waals surface area contributed by atoms with Gasteiger partial charge in [-0.1, -0.05) is 29.8 Å². The van der Waals surface area contributed by atoms with Crippen LogP contribution in [0.1, 0.15) is 43.6 Å². The van der Waals surface area contributed by atoms with Crippen LogP contribution in [0.4, 0.5) is 8.78 Å². The van der Waals surface area contributed by atoms with Crippen LogP contribution in [0.3, 0.4) is 0 Å². The van der Waals surface area contributed by atoms with E-state index in [4.69, 9.17) is 11.6 Å². The fourth-order valence-electron chi connectivity index (χ4n) is 4.53. The van der Waals surface area contributed by atoms with Crippen LogP contribution >= 0.6 is 11.6 Å². The van der Waals surface area contributed by atoms with Crippen LogP contribution in [0.5, 0.6) is 0 Å². The maximum absolute atomic E-state index is 13.9. The SMILES string of the molecule is O=C1c2ccccc2C(O)N1C[C@H](Cc1cc(F)cc(F)c1)N1Cc2cc(Cl)ncc2C1=O. The molecule has 0 fully saturated rings. The van der Waals surface area contributed by atoms with Gasteiger partial charge in [0.15, 0.2) is 6.23 Å². The van der Waals surface area contributed by atoms with Gasteiger partial charge in [0.25, 0.3) is 11.8 Å². The van der Waals surface area contributed by atoms with Gasteiger partial charge in [-0.25, -0.2) is 13.8 Å². The van der Waals surface area contributed by atoms with Crippen LogP contribution in [0, 0.1) is 11.6 Å². The van der Waals surface area contributed by atoms with E-state index in [1.54, 1.807) is 30.3 Å². The number of nitrogens with zero attached hydrogens (tertiary/aromatic N) is 3. The van der Waals surface area contributed by atoms with E-state index < -0.39 is 23.9 Å². The summed E-state index contributed by atoms with van der Waals surface area (Å²) < 4.78 is 27.7. The highest BCUT2D eigenvalue weighted by atomic mass is 35.5. The summed E-state index contributed by atoms with van der Waals surface area (Å²) in [6, 6.07) is 10.8. The number of amides is 2. The first-order valence-corrected chi connectivity index (χ1v) is 10.7. The molecule has 1 aromatic heterocycles. The van der Waals surface area contributed by atoms with Crippen LogP contribution in [0.25, 0.3) is 0 Å². The molecule has 0 saturated heterocycles. The quantitative estimate of drug-likeness (QED) is 0.578. The molecule has 5 rings (SSSR count). The summed E-state index contributed by atoms with van der Waals surface area (Å²) in [5, 5.41) is 11.0. The van der Waals surface area contributed by atoms with Gasteiger partial charge in [0.05, 0.1) is 11.6 Å². The number of carbonyl (C=O) groups is 2. The van der Waals surface area contributed by atoms with E-state index in [0.717, 1.165) is 6.07 Å². The molecular weight excluding hydrogens is 452 g/mol. The molecule has 1 unspecified atom stereocenters. The van der Waals surface area contributed by atoms with Crippen molar-refractivity contribution < 1.29 is 23.5 Å². The molecular formula is C24H18ClF2N3O3. The van der Waals surface area contributed by atoms with Crippen molar-refractivity contribution in [3.63, 3.8) is 0 Å². The molecule has 2 atom stereocenters. The summed E-state index contributed by atoms with van der Waals surface area (Å²) in [5.41, 5.74) is 2.24. The maximum Gasteiger partial charge on any atom is 0.256 e. The largest absolute Gasteiger partial charge is 0.369 e. The zero-order chi connectivity index (χ0) is 23.3. The summed E-state index contributed by atoms with van der Waals surface area (Å²) in [5.74, 6) is -2.17. The Morgan fingerprint density at radius 2 is 1.79 bits per heavy atom. The molecule has 0 aliphatic carbocycles. The molecule has 6 nitrogen and oxygen atoms in total.